The summed E-state index contributed by atoms with van der Waals surface area (Å²) in [5, 5.41) is 2.77. The smallest absolute Gasteiger partial charge is 0.224 e. The quantitative estimate of drug-likeness (QED) is 0.837. The van der Waals surface area contributed by atoms with Gasteiger partial charge in [0.05, 0.1) is 11.4 Å². The van der Waals surface area contributed by atoms with Crippen molar-refractivity contribution < 1.29 is 13.6 Å². The van der Waals surface area contributed by atoms with Crippen molar-refractivity contribution in [1.82, 2.24) is 5.32 Å². The summed E-state index contributed by atoms with van der Waals surface area (Å²) in [6, 6.07) is 3.42. The maximum absolute atomic E-state index is 13.5. The maximum atomic E-state index is 13.5. The van der Waals surface area contributed by atoms with Gasteiger partial charge in [0.15, 0.2) is 0 Å². The van der Waals surface area contributed by atoms with E-state index in [0.717, 1.165) is 31.4 Å². The van der Waals surface area contributed by atoms with Crippen LogP contribution in [0.1, 0.15) is 24.8 Å². The molecule has 0 spiro atoms. The molecule has 0 aromatic heterocycles. The number of carbonyl (C=O) groups is 1. The lowest BCUT2D eigenvalue weighted by molar-refractivity contribution is -0.121. The summed E-state index contributed by atoms with van der Waals surface area (Å²) in [5.41, 5.74) is 5.41. The van der Waals surface area contributed by atoms with E-state index in [1.807, 2.05) is 0 Å². The van der Waals surface area contributed by atoms with Gasteiger partial charge in [0.1, 0.15) is 11.6 Å². The fourth-order valence-corrected chi connectivity index (χ4v) is 2.88. The second-order valence-electron chi connectivity index (χ2n) is 4.99. The molecule has 0 heterocycles. The molecule has 2 unspecified atom stereocenters. The van der Waals surface area contributed by atoms with E-state index in [-0.39, 0.29) is 23.9 Å². The van der Waals surface area contributed by atoms with E-state index in [1.54, 1.807) is 0 Å². The highest BCUT2D eigenvalue weighted by atomic mass is 32.1. The van der Waals surface area contributed by atoms with Gasteiger partial charge in [0.2, 0.25) is 5.91 Å². The molecule has 1 aromatic rings. The molecule has 1 fully saturated rings. The van der Waals surface area contributed by atoms with E-state index in [1.165, 1.54) is 6.07 Å². The van der Waals surface area contributed by atoms with Crippen molar-refractivity contribution in [3.63, 3.8) is 0 Å². The molecule has 1 aliphatic carbocycles. The highest BCUT2D eigenvalue weighted by molar-refractivity contribution is 7.80. The van der Waals surface area contributed by atoms with Gasteiger partial charge in [-0.3, -0.25) is 4.79 Å². The summed E-state index contributed by atoms with van der Waals surface area (Å²) in [6.07, 6.45) is 2.24. The molecule has 3 N–H and O–H groups in total. The van der Waals surface area contributed by atoms with Crippen LogP contribution in [0.2, 0.25) is 0 Å². The van der Waals surface area contributed by atoms with Crippen molar-refractivity contribution in [2.45, 2.75) is 31.7 Å². The SMILES string of the molecule is NC(=S)C1CCCC1NC(=O)Cc1c(F)cccc1F. The molecule has 20 heavy (non-hydrogen) atoms. The first-order valence-corrected chi connectivity index (χ1v) is 6.91. The number of thiocarbonyl (C=S) groups is 1. The molecule has 1 aromatic carbocycles. The number of amides is 1. The first-order valence-electron chi connectivity index (χ1n) is 6.50. The molecule has 1 saturated carbocycles. The van der Waals surface area contributed by atoms with Gasteiger partial charge in [0.25, 0.3) is 0 Å². The zero-order valence-corrected chi connectivity index (χ0v) is 11.7. The van der Waals surface area contributed by atoms with Gasteiger partial charge in [-0.15, -0.1) is 0 Å². The molecule has 2 rings (SSSR count). The van der Waals surface area contributed by atoms with E-state index in [9.17, 15) is 13.6 Å². The van der Waals surface area contributed by atoms with Crippen LogP contribution in [0.4, 0.5) is 8.78 Å². The molecule has 0 saturated heterocycles. The lowest BCUT2D eigenvalue weighted by atomic mass is 10.0. The average Bonchev–Trinajstić information content (AvgIpc) is 2.82. The predicted molar refractivity (Wildman–Crippen MR) is 76.1 cm³/mol. The Balaban J connectivity index is 2.01. The van der Waals surface area contributed by atoms with Gasteiger partial charge >= 0.3 is 0 Å². The van der Waals surface area contributed by atoms with Gasteiger partial charge in [0, 0.05) is 17.5 Å². The van der Waals surface area contributed by atoms with E-state index in [0.29, 0.717) is 4.99 Å². The minimum atomic E-state index is -0.711. The van der Waals surface area contributed by atoms with Crippen molar-refractivity contribution in [3.05, 3.63) is 35.4 Å². The number of benzene rings is 1. The minimum absolute atomic E-state index is 0.0283. The number of halogens is 2. The largest absolute Gasteiger partial charge is 0.393 e. The van der Waals surface area contributed by atoms with Gasteiger partial charge in [-0.2, -0.15) is 0 Å². The molecular formula is C14H16F2N2OS. The van der Waals surface area contributed by atoms with Crippen molar-refractivity contribution in [3.8, 4) is 0 Å². The summed E-state index contributed by atoms with van der Waals surface area (Å²) in [5.74, 6) is -1.86. The van der Waals surface area contributed by atoms with Crippen LogP contribution in [0.25, 0.3) is 0 Å². The Morgan fingerprint density at radius 1 is 1.35 bits per heavy atom. The molecule has 0 radical (unpaired) electrons. The first-order chi connectivity index (χ1) is 9.49. The molecule has 2 atom stereocenters. The fraction of sp³-hybridized carbons (Fsp3) is 0.429. The van der Waals surface area contributed by atoms with Crippen LogP contribution in [0.3, 0.4) is 0 Å². The Kier molecular flexibility index (Phi) is 4.65. The van der Waals surface area contributed by atoms with E-state index >= 15 is 0 Å². The van der Waals surface area contributed by atoms with Crippen molar-refractivity contribution >= 4 is 23.1 Å². The van der Waals surface area contributed by atoms with Crippen molar-refractivity contribution in [2.75, 3.05) is 0 Å². The van der Waals surface area contributed by atoms with Crippen LogP contribution in [-0.2, 0) is 11.2 Å². The van der Waals surface area contributed by atoms with Crippen LogP contribution < -0.4 is 11.1 Å². The zero-order valence-electron chi connectivity index (χ0n) is 10.9. The lowest BCUT2D eigenvalue weighted by Gasteiger charge is -2.20. The van der Waals surface area contributed by atoms with Crippen LogP contribution in [0.15, 0.2) is 18.2 Å². The molecule has 1 amide bonds. The van der Waals surface area contributed by atoms with Gasteiger partial charge in [-0.05, 0) is 25.0 Å². The Bertz CT molecular complexity index is 516. The maximum Gasteiger partial charge on any atom is 0.224 e. The van der Waals surface area contributed by atoms with Gasteiger partial charge in [-0.25, -0.2) is 8.78 Å². The third-order valence-electron chi connectivity index (χ3n) is 3.63. The minimum Gasteiger partial charge on any atom is -0.393 e. The second kappa shape index (κ2) is 6.26. The van der Waals surface area contributed by atoms with Crippen LogP contribution >= 0.6 is 12.2 Å². The standard InChI is InChI=1S/C14H16F2N2OS/c15-10-4-2-5-11(16)9(10)7-13(19)18-12-6-1-3-8(12)14(17)20/h2,4-5,8,12H,1,3,6-7H2,(H2,17,20)(H,18,19). The Morgan fingerprint density at radius 3 is 2.60 bits per heavy atom. The molecule has 0 bridgehead atoms. The summed E-state index contributed by atoms with van der Waals surface area (Å²) in [6.45, 7) is 0. The Morgan fingerprint density at radius 2 is 2.00 bits per heavy atom. The van der Waals surface area contributed by atoms with Crippen molar-refractivity contribution in [2.24, 2.45) is 11.7 Å². The molecule has 3 nitrogen and oxygen atoms in total. The van der Waals surface area contributed by atoms with Gasteiger partial charge in [-0.1, -0.05) is 24.7 Å². The summed E-state index contributed by atoms with van der Waals surface area (Å²) < 4.78 is 26.9. The summed E-state index contributed by atoms with van der Waals surface area (Å²) in [7, 11) is 0. The van der Waals surface area contributed by atoms with Gasteiger partial charge < -0.3 is 11.1 Å². The highest BCUT2D eigenvalue weighted by Gasteiger charge is 2.30. The van der Waals surface area contributed by atoms with Crippen LogP contribution in [0, 0.1) is 17.6 Å². The number of carbonyl (C=O) groups excluding carboxylic acids is 1. The second-order valence-corrected chi connectivity index (χ2v) is 5.46. The third-order valence-corrected chi connectivity index (χ3v) is 3.93. The molecule has 1 aliphatic rings. The monoisotopic (exact) mass is 298 g/mol. The number of hydrogen-bond acceptors (Lipinski definition) is 2. The Labute approximate surface area is 121 Å². The third kappa shape index (κ3) is 3.30. The molecule has 6 heteroatoms. The topological polar surface area (TPSA) is 55.1 Å². The van der Waals surface area contributed by atoms with Crippen LogP contribution in [-0.4, -0.2) is 16.9 Å². The fourth-order valence-electron chi connectivity index (χ4n) is 2.59. The molecular weight excluding hydrogens is 282 g/mol. The normalized spacial score (nSPS) is 21.7. The van der Waals surface area contributed by atoms with E-state index in [4.69, 9.17) is 18.0 Å². The number of nitrogens with two attached hydrogens (primary N) is 1. The summed E-state index contributed by atoms with van der Waals surface area (Å²) in [4.78, 5) is 12.3. The first kappa shape index (κ1) is 14.8. The lowest BCUT2D eigenvalue weighted by Crippen LogP contribution is -2.42. The molecule has 108 valence electrons. The highest BCUT2D eigenvalue weighted by Crippen LogP contribution is 2.26. The van der Waals surface area contributed by atoms with E-state index in [2.05, 4.69) is 5.32 Å². The van der Waals surface area contributed by atoms with Crippen molar-refractivity contribution in [1.29, 1.82) is 0 Å². The van der Waals surface area contributed by atoms with E-state index < -0.39 is 17.5 Å². The number of hydrogen-bond donors (Lipinski definition) is 2. The zero-order chi connectivity index (χ0) is 14.7. The molecule has 0 aliphatic heterocycles. The van der Waals surface area contributed by atoms with Crippen LogP contribution in [0.5, 0.6) is 0 Å². The average molecular weight is 298 g/mol. The summed E-state index contributed by atoms with van der Waals surface area (Å²) >= 11 is 4.96. The Hall–Kier alpha value is -1.56. The predicted octanol–water partition coefficient (Wildman–Crippen LogP) is 2.08. The number of rotatable bonds is 4. The number of nitrogens with one attached hydrogen (secondary N) is 1.